The number of hydrogen-bond acceptors (Lipinski definition) is 6. The first-order valence-electron chi connectivity index (χ1n) is 11.8. The van der Waals surface area contributed by atoms with E-state index in [-0.39, 0.29) is 11.3 Å². The summed E-state index contributed by atoms with van der Waals surface area (Å²) >= 11 is 1.50. The summed E-state index contributed by atoms with van der Waals surface area (Å²) in [6, 6.07) is 24.2. The molecule has 0 bridgehead atoms. The van der Waals surface area contributed by atoms with Crippen LogP contribution >= 0.6 is 11.8 Å². The lowest BCUT2D eigenvalue weighted by atomic mass is 10.0. The first-order chi connectivity index (χ1) is 18.0. The summed E-state index contributed by atoms with van der Waals surface area (Å²) in [6.07, 6.45) is 3.46. The molecule has 184 valence electrons. The van der Waals surface area contributed by atoms with E-state index >= 15 is 0 Å². The monoisotopic (exact) mass is 507 g/mol. The maximum absolute atomic E-state index is 13.0. The molecule has 0 unspecified atom stereocenters. The second-order valence-electron chi connectivity index (χ2n) is 8.71. The van der Waals surface area contributed by atoms with Crippen LogP contribution in [0, 0.1) is 6.92 Å². The first kappa shape index (κ1) is 24.5. The zero-order valence-electron chi connectivity index (χ0n) is 20.5. The minimum Gasteiger partial charge on any atom is -0.489 e. The van der Waals surface area contributed by atoms with Crippen molar-refractivity contribution in [3.05, 3.63) is 129 Å². The molecular weight excluding hydrogens is 482 g/mol. The predicted octanol–water partition coefficient (Wildman–Crippen LogP) is 5.74. The number of nitrogens with zero attached hydrogens (tertiary/aromatic N) is 3. The number of ether oxygens (including phenoxy) is 1. The highest BCUT2D eigenvalue weighted by Crippen LogP contribution is 2.23. The van der Waals surface area contributed by atoms with Crippen LogP contribution < -0.4 is 10.3 Å². The van der Waals surface area contributed by atoms with Gasteiger partial charge in [-0.05, 0) is 66.1 Å². The summed E-state index contributed by atoms with van der Waals surface area (Å²) < 4.78 is 7.39. The van der Waals surface area contributed by atoms with E-state index < -0.39 is 0 Å². The fraction of sp³-hybridized carbons (Fsp3) is 0.133. The van der Waals surface area contributed by atoms with Crippen molar-refractivity contribution in [2.24, 2.45) is 7.05 Å². The average Bonchev–Trinajstić information content (AvgIpc) is 2.94. The van der Waals surface area contributed by atoms with Crippen molar-refractivity contribution < 1.29 is 9.53 Å². The second-order valence-corrected chi connectivity index (χ2v) is 9.65. The van der Waals surface area contributed by atoms with Gasteiger partial charge in [-0.2, -0.15) is 0 Å². The Hall–Kier alpha value is -4.23. The van der Waals surface area contributed by atoms with E-state index in [4.69, 9.17) is 9.72 Å². The molecule has 0 spiro atoms. The Balaban J connectivity index is 1.23. The van der Waals surface area contributed by atoms with Crippen LogP contribution in [-0.2, 0) is 19.4 Å². The highest BCUT2D eigenvalue weighted by Gasteiger charge is 2.12. The third-order valence-corrected chi connectivity index (χ3v) is 7.23. The Morgan fingerprint density at radius 1 is 0.892 bits per heavy atom. The van der Waals surface area contributed by atoms with E-state index in [1.54, 1.807) is 36.1 Å². The normalized spacial score (nSPS) is 11.0. The second kappa shape index (κ2) is 10.8. The molecule has 6 nitrogen and oxygen atoms in total. The standard InChI is InChI=1S/C30H25N3O3S/c1-20-4-3-5-26-27(20)29(35)33(2)30(32-26)37-19-22-6-8-23(9-7-22)28(34)24-10-12-25(13-11-24)36-18-21-14-16-31-17-15-21/h3-17H,18-19H2,1-2H3. The third kappa shape index (κ3) is 5.47. The number of thioether (sulfide) groups is 1. The molecule has 37 heavy (non-hydrogen) atoms. The molecular formula is C30H25N3O3S. The van der Waals surface area contributed by atoms with Crippen LogP contribution in [0.3, 0.4) is 0 Å². The van der Waals surface area contributed by atoms with Crippen LogP contribution in [0.4, 0.5) is 0 Å². The Morgan fingerprint density at radius 2 is 1.57 bits per heavy atom. The van der Waals surface area contributed by atoms with E-state index in [1.807, 2.05) is 73.7 Å². The zero-order valence-corrected chi connectivity index (χ0v) is 21.4. The molecule has 5 aromatic rings. The molecule has 0 radical (unpaired) electrons. The van der Waals surface area contributed by atoms with Crippen LogP contribution in [0.15, 0.2) is 101 Å². The lowest BCUT2D eigenvalue weighted by Crippen LogP contribution is -2.20. The number of hydrogen-bond donors (Lipinski definition) is 0. The van der Waals surface area contributed by atoms with Gasteiger partial charge >= 0.3 is 0 Å². The van der Waals surface area contributed by atoms with Crippen LogP contribution in [0.2, 0.25) is 0 Å². The van der Waals surface area contributed by atoms with Gasteiger partial charge in [0.05, 0.1) is 10.9 Å². The zero-order chi connectivity index (χ0) is 25.8. The minimum absolute atomic E-state index is 0.0414. The molecule has 0 aliphatic rings. The average molecular weight is 508 g/mol. The van der Waals surface area contributed by atoms with Gasteiger partial charge in [-0.25, -0.2) is 4.98 Å². The largest absolute Gasteiger partial charge is 0.489 e. The van der Waals surface area contributed by atoms with Crippen molar-refractivity contribution in [3.63, 3.8) is 0 Å². The van der Waals surface area contributed by atoms with E-state index in [0.29, 0.717) is 45.3 Å². The summed E-state index contributed by atoms with van der Waals surface area (Å²) in [5.41, 5.74) is 4.88. The van der Waals surface area contributed by atoms with Crippen molar-refractivity contribution in [1.82, 2.24) is 14.5 Å². The van der Waals surface area contributed by atoms with Gasteiger partial charge in [-0.1, -0.05) is 48.2 Å². The number of benzene rings is 3. The molecule has 5 rings (SSSR count). The smallest absolute Gasteiger partial charge is 0.262 e. The van der Waals surface area contributed by atoms with Gasteiger partial charge in [0.2, 0.25) is 0 Å². The topological polar surface area (TPSA) is 74.1 Å². The highest BCUT2D eigenvalue weighted by molar-refractivity contribution is 7.98. The Morgan fingerprint density at radius 3 is 2.27 bits per heavy atom. The number of rotatable bonds is 8. The predicted molar refractivity (Wildman–Crippen MR) is 146 cm³/mol. The molecule has 2 aromatic heterocycles. The van der Waals surface area contributed by atoms with Crippen molar-refractivity contribution >= 4 is 28.4 Å². The molecule has 0 atom stereocenters. The maximum Gasteiger partial charge on any atom is 0.262 e. The van der Waals surface area contributed by atoms with E-state index in [2.05, 4.69) is 4.98 Å². The van der Waals surface area contributed by atoms with Crippen molar-refractivity contribution in [2.75, 3.05) is 0 Å². The number of ketones is 1. The highest BCUT2D eigenvalue weighted by atomic mass is 32.2. The van der Waals surface area contributed by atoms with Gasteiger partial charge in [0.1, 0.15) is 12.4 Å². The maximum atomic E-state index is 13.0. The Kier molecular flexibility index (Phi) is 7.14. The molecule has 0 saturated heterocycles. The number of carbonyl (C=O) groups excluding carboxylic acids is 1. The first-order valence-corrected chi connectivity index (χ1v) is 12.8. The van der Waals surface area contributed by atoms with Crippen LogP contribution in [0.5, 0.6) is 5.75 Å². The molecule has 0 saturated carbocycles. The van der Waals surface area contributed by atoms with Gasteiger partial charge < -0.3 is 4.74 Å². The van der Waals surface area contributed by atoms with Crippen molar-refractivity contribution in [1.29, 1.82) is 0 Å². The molecule has 0 aliphatic carbocycles. The SMILES string of the molecule is Cc1cccc2nc(SCc3ccc(C(=O)c4ccc(OCc5ccncc5)cc4)cc3)n(C)c(=O)c12. The third-order valence-electron chi connectivity index (χ3n) is 6.13. The minimum atomic E-state index is -0.0474. The summed E-state index contributed by atoms with van der Waals surface area (Å²) in [7, 11) is 1.75. The van der Waals surface area contributed by atoms with E-state index in [0.717, 1.165) is 16.7 Å². The van der Waals surface area contributed by atoms with Gasteiger partial charge in [-0.3, -0.25) is 19.1 Å². The van der Waals surface area contributed by atoms with Crippen LogP contribution in [-0.4, -0.2) is 20.3 Å². The van der Waals surface area contributed by atoms with E-state index in [1.165, 1.54) is 11.8 Å². The molecule has 0 N–H and O–H groups in total. The summed E-state index contributed by atoms with van der Waals surface area (Å²) in [5.74, 6) is 1.29. The fourth-order valence-electron chi connectivity index (χ4n) is 4.00. The van der Waals surface area contributed by atoms with Gasteiger partial charge in [0.25, 0.3) is 5.56 Å². The summed E-state index contributed by atoms with van der Waals surface area (Å²) in [4.78, 5) is 34.5. The van der Waals surface area contributed by atoms with Crippen molar-refractivity contribution in [3.8, 4) is 5.75 Å². The summed E-state index contributed by atoms with van der Waals surface area (Å²) in [6.45, 7) is 2.37. The number of pyridine rings is 1. The lowest BCUT2D eigenvalue weighted by molar-refractivity contribution is 0.103. The summed E-state index contributed by atoms with van der Waals surface area (Å²) in [5, 5.41) is 1.32. The fourth-order valence-corrected chi connectivity index (χ4v) is 4.93. The number of aromatic nitrogens is 3. The Labute approximate surface area is 219 Å². The number of fused-ring (bicyclic) bond motifs is 1. The number of carbonyl (C=O) groups is 1. The van der Waals surface area contributed by atoms with Crippen LogP contribution in [0.1, 0.15) is 32.6 Å². The molecule has 7 heteroatoms. The molecule has 2 heterocycles. The molecule has 0 aliphatic heterocycles. The van der Waals surface area contributed by atoms with E-state index in [9.17, 15) is 9.59 Å². The van der Waals surface area contributed by atoms with Gasteiger partial charge in [0.15, 0.2) is 10.9 Å². The lowest BCUT2D eigenvalue weighted by Gasteiger charge is -2.10. The van der Waals surface area contributed by atoms with Crippen LogP contribution in [0.25, 0.3) is 10.9 Å². The number of aryl methyl sites for hydroxylation is 1. The van der Waals surface area contributed by atoms with Crippen molar-refractivity contribution in [2.45, 2.75) is 24.4 Å². The molecule has 3 aromatic carbocycles. The quantitative estimate of drug-likeness (QED) is 0.152. The van der Waals surface area contributed by atoms with Gasteiger partial charge in [0, 0.05) is 36.3 Å². The van der Waals surface area contributed by atoms with Gasteiger partial charge in [-0.15, -0.1) is 0 Å². The molecule has 0 amide bonds. The molecule has 0 fully saturated rings. The Bertz CT molecular complexity index is 1610.